The number of carbonyl (C=O) groups is 1. The molecule has 3 rings (SSSR count). The van der Waals surface area contributed by atoms with Crippen LogP contribution in [-0.4, -0.2) is 48.9 Å². The SMILES string of the molecule is CN(CC1CCN(CCc2ccc(Cl)cc2)CC1)C(=O)c1ccc(F)cc1F. The average molecular weight is 407 g/mol. The van der Waals surface area contributed by atoms with Crippen molar-refractivity contribution in [2.45, 2.75) is 19.3 Å². The highest BCUT2D eigenvalue weighted by atomic mass is 35.5. The van der Waals surface area contributed by atoms with E-state index >= 15 is 0 Å². The molecule has 1 fully saturated rings. The normalized spacial score (nSPS) is 15.6. The Morgan fingerprint density at radius 3 is 2.46 bits per heavy atom. The average Bonchev–Trinajstić information content (AvgIpc) is 2.68. The van der Waals surface area contributed by atoms with Gasteiger partial charge in [0.05, 0.1) is 5.56 Å². The fourth-order valence-electron chi connectivity index (χ4n) is 3.67. The Kier molecular flexibility index (Phi) is 7.03. The maximum atomic E-state index is 13.8. The highest BCUT2D eigenvalue weighted by Gasteiger charge is 2.23. The number of likely N-dealkylation sites (tertiary alicyclic amines) is 1. The van der Waals surface area contributed by atoms with Crippen molar-refractivity contribution in [3.05, 3.63) is 70.2 Å². The van der Waals surface area contributed by atoms with Crippen LogP contribution in [0.1, 0.15) is 28.8 Å². The topological polar surface area (TPSA) is 23.6 Å². The molecule has 1 aliphatic heterocycles. The number of hydrogen-bond acceptors (Lipinski definition) is 2. The van der Waals surface area contributed by atoms with Crippen LogP contribution in [0, 0.1) is 17.6 Å². The molecule has 28 heavy (non-hydrogen) atoms. The number of benzene rings is 2. The minimum absolute atomic E-state index is 0.0794. The lowest BCUT2D eigenvalue weighted by molar-refractivity contribution is 0.0735. The van der Waals surface area contributed by atoms with Gasteiger partial charge in [0.15, 0.2) is 0 Å². The highest BCUT2D eigenvalue weighted by Crippen LogP contribution is 2.20. The maximum absolute atomic E-state index is 13.8. The van der Waals surface area contributed by atoms with Gasteiger partial charge in [0.2, 0.25) is 0 Å². The quantitative estimate of drug-likeness (QED) is 0.697. The Morgan fingerprint density at radius 1 is 1.14 bits per heavy atom. The Hall–Kier alpha value is -1.98. The van der Waals surface area contributed by atoms with Crippen molar-refractivity contribution in [2.24, 2.45) is 5.92 Å². The summed E-state index contributed by atoms with van der Waals surface area (Å²) >= 11 is 5.92. The second-order valence-corrected chi connectivity index (χ2v) is 7.91. The van der Waals surface area contributed by atoms with Crippen LogP contribution in [0.2, 0.25) is 5.02 Å². The van der Waals surface area contributed by atoms with Gasteiger partial charge in [-0.2, -0.15) is 0 Å². The zero-order chi connectivity index (χ0) is 20.1. The predicted molar refractivity (Wildman–Crippen MR) is 108 cm³/mol. The summed E-state index contributed by atoms with van der Waals surface area (Å²) in [7, 11) is 1.68. The van der Waals surface area contributed by atoms with E-state index in [4.69, 9.17) is 11.6 Å². The lowest BCUT2D eigenvalue weighted by atomic mass is 9.95. The summed E-state index contributed by atoms with van der Waals surface area (Å²) in [5.74, 6) is -1.50. The molecule has 1 saturated heterocycles. The second kappa shape index (κ2) is 9.48. The van der Waals surface area contributed by atoms with Crippen molar-refractivity contribution in [1.82, 2.24) is 9.80 Å². The smallest absolute Gasteiger partial charge is 0.256 e. The third-order valence-electron chi connectivity index (χ3n) is 5.38. The Bertz CT molecular complexity index is 805. The fourth-order valence-corrected chi connectivity index (χ4v) is 3.80. The van der Waals surface area contributed by atoms with Crippen LogP contribution in [0.5, 0.6) is 0 Å². The first-order valence-corrected chi connectivity index (χ1v) is 9.97. The molecular weight excluding hydrogens is 382 g/mol. The molecule has 0 N–H and O–H groups in total. The molecule has 1 heterocycles. The Labute approximate surface area is 169 Å². The third-order valence-corrected chi connectivity index (χ3v) is 5.63. The van der Waals surface area contributed by atoms with Gasteiger partial charge >= 0.3 is 0 Å². The molecule has 0 aliphatic carbocycles. The molecule has 1 aliphatic rings. The Morgan fingerprint density at radius 2 is 1.82 bits per heavy atom. The number of halogens is 3. The van der Waals surface area contributed by atoms with Gasteiger partial charge in [-0.05, 0) is 68.1 Å². The molecule has 0 saturated carbocycles. The predicted octanol–water partition coefficient (Wildman–Crippen LogP) is 4.64. The molecule has 0 atom stereocenters. The fraction of sp³-hybridized carbons (Fsp3) is 0.409. The molecule has 0 aromatic heterocycles. The lowest BCUT2D eigenvalue weighted by Crippen LogP contribution is -2.40. The first-order chi connectivity index (χ1) is 13.4. The summed E-state index contributed by atoms with van der Waals surface area (Å²) in [5.41, 5.74) is 1.20. The molecule has 0 bridgehead atoms. The minimum atomic E-state index is -0.811. The van der Waals surface area contributed by atoms with E-state index in [1.807, 2.05) is 12.1 Å². The monoisotopic (exact) mass is 406 g/mol. The van der Waals surface area contributed by atoms with Crippen molar-refractivity contribution in [1.29, 1.82) is 0 Å². The second-order valence-electron chi connectivity index (χ2n) is 7.47. The van der Waals surface area contributed by atoms with E-state index in [0.29, 0.717) is 12.5 Å². The van der Waals surface area contributed by atoms with Crippen LogP contribution >= 0.6 is 11.6 Å². The number of rotatable bonds is 6. The highest BCUT2D eigenvalue weighted by molar-refractivity contribution is 6.30. The number of hydrogen-bond donors (Lipinski definition) is 0. The molecule has 3 nitrogen and oxygen atoms in total. The van der Waals surface area contributed by atoms with Gasteiger partial charge in [0, 0.05) is 31.2 Å². The minimum Gasteiger partial charge on any atom is -0.341 e. The summed E-state index contributed by atoms with van der Waals surface area (Å²) in [6.07, 6.45) is 3.00. The van der Waals surface area contributed by atoms with E-state index in [0.717, 1.165) is 56.1 Å². The lowest BCUT2D eigenvalue weighted by Gasteiger charge is -2.34. The van der Waals surface area contributed by atoms with E-state index < -0.39 is 17.5 Å². The molecule has 0 unspecified atom stereocenters. The first-order valence-electron chi connectivity index (χ1n) is 9.59. The van der Waals surface area contributed by atoms with E-state index in [-0.39, 0.29) is 5.56 Å². The van der Waals surface area contributed by atoms with Crippen molar-refractivity contribution >= 4 is 17.5 Å². The first kappa shape index (κ1) is 20.7. The van der Waals surface area contributed by atoms with Gasteiger partial charge < -0.3 is 9.80 Å². The van der Waals surface area contributed by atoms with Crippen LogP contribution in [0.4, 0.5) is 8.78 Å². The van der Waals surface area contributed by atoms with Gasteiger partial charge in [0.25, 0.3) is 5.91 Å². The van der Waals surface area contributed by atoms with Gasteiger partial charge in [0.1, 0.15) is 11.6 Å². The van der Waals surface area contributed by atoms with Crippen molar-refractivity contribution in [3.8, 4) is 0 Å². The molecule has 1 amide bonds. The number of amides is 1. The van der Waals surface area contributed by atoms with Crippen LogP contribution in [-0.2, 0) is 6.42 Å². The van der Waals surface area contributed by atoms with Crippen LogP contribution in [0.3, 0.4) is 0 Å². The molecule has 2 aromatic rings. The van der Waals surface area contributed by atoms with Crippen LogP contribution in [0.15, 0.2) is 42.5 Å². The van der Waals surface area contributed by atoms with E-state index in [9.17, 15) is 13.6 Å². The summed E-state index contributed by atoms with van der Waals surface area (Å²) in [4.78, 5) is 16.4. The van der Waals surface area contributed by atoms with Crippen molar-refractivity contribution < 1.29 is 13.6 Å². The summed E-state index contributed by atoms with van der Waals surface area (Å²) in [6, 6.07) is 11.0. The largest absolute Gasteiger partial charge is 0.341 e. The van der Waals surface area contributed by atoms with Crippen molar-refractivity contribution in [3.63, 3.8) is 0 Å². The van der Waals surface area contributed by atoms with Gasteiger partial charge in [-0.25, -0.2) is 8.78 Å². The standard InChI is InChI=1S/C22H25ClF2N2O/c1-26(22(28)20-7-6-19(24)14-21(20)25)15-17-9-12-27(13-10-17)11-8-16-2-4-18(23)5-3-16/h2-7,14,17H,8-13,15H2,1H3. The maximum Gasteiger partial charge on any atom is 0.256 e. The number of piperidine rings is 1. The summed E-state index contributed by atoms with van der Waals surface area (Å²) in [5, 5.41) is 0.753. The van der Waals surface area contributed by atoms with Crippen LogP contribution in [0.25, 0.3) is 0 Å². The molecule has 2 aromatic carbocycles. The van der Waals surface area contributed by atoms with Gasteiger partial charge in [-0.1, -0.05) is 23.7 Å². The molecule has 0 radical (unpaired) electrons. The Balaban J connectivity index is 1.44. The van der Waals surface area contributed by atoms with E-state index in [2.05, 4.69) is 17.0 Å². The van der Waals surface area contributed by atoms with Crippen LogP contribution < -0.4 is 0 Å². The molecule has 0 spiro atoms. The zero-order valence-electron chi connectivity index (χ0n) is 16.0. The number of nitrogens with zero attached hydrogens (tertiary/aromatic N) is 2. The van der Waals surface area contributed by atoms with E-state index in [1.165, 1.54) is 11.6 Å². The number of carbonyl (C=O) groups excluding carboxylic acids is 1. The summed E-state index contributed by atoms with van der Waals surface area (Å²) < 4.78 is 26.9. The van der Waals surface area contributed by atoms with Gasteiger partial charge in [-0.3, -0.25) is 4.79 Å². The van der Waals surface area contributed by atoms with Gasteiger partial charge in [-0.15, -0.1) is 0 Å². The molecule has 6 heteroatoms. The zero-order valence-corrected chi connectivity index (χ0v) is 16.8. The summed E-state index contributed by atoms with van der Waals surface area (Å²) in [6.45, 7) is 3.57. The van der Waals surface area contributed by atoms with E-state index in [1.54, 1.807) is 11.9 Å². The molecule has 150 valence electrons. The molecular formula is C22H25ClF2N2O. The van der Waals surface area contributed by atoms with Crippen molar-refractivity contribution in [2.75, 3.05) is 33.2 Å². The third kappa shape index (κ3) is 5.52.